The molecule has 0 radical (unpaired) electrons. The number of hydrogen-bond donors (Lipinski definition) is 0. The third kappa shape index (κ3) is 0.796. The molecular weight excluding hydrogens is 188 g/mol. The third-order valence-electron chi connectivity index (χ3n) is 4.26. The third-order valence-corrected chi connectivity index (χ3v) is 4.26. The van der Waals surface area contributed by atoms with Crippen molar-refractivity contribution in [2.45, 2.75) is 19.3 Å². The van der Waals surface area contributed by atoms with Gasteiger partial charge in [-0.25, -0.2) is 0 Å². The molecule has 0 N–H and O–H groups in total. The van der Waals surface area contributed by atoms with Gasteiger partial charge in [-0.2, -0.15) is 0 Å². The minimum Gasteiger partial charge on any atom is -0.465 e. The van der Waals surface area contributed by atoms with Crippen molar-refractivity contribution >= 4 is 5.97 Å². The van der Waals surface area contributed by atoms with Gasteiger partial charge in [-0.05, 0) is 11.0 Å². The summed E-state index contributed by atoms with van der Waals surface area (Å²) in [6.07, 6.45) is 0. The fraction of sp³-hybridized carbons (Fsp3) is 0.462. The van der Waals surface area contributed by atoms with Crippen molar-refractivity contribution in [1.82, 2.24) is 0 Å². The minimum atomic E-state index is -0.353. The predicted molar refractivity (Wildman–Crippen MR) is 56.4 cm³/mol. The lowest BCUT2D eigenvalue weighted by atomic mass is 9.88. The highest BCUT2D eigenvalue weighted by atomic mass is 16.5. The van der Waals surface area contributed by atoms with Crippen LogP contribution >= 0.6 is 0 Å². The fourth-order valence-electron chi connectivity index (χ4n) is 3.27. The van der Waals surface area contributed by atoms with Gasteiger partial charge in [0.25, 0.3) is 0 Å². The maximum atomic E-state index is 11.9. The van der Waals surface area contributed by atoms with Gasteiger partial charge in [-0.15, -0.1) is 0 Å². The number of ether oxygens (including phenoxy) is 1. The molecule has 1 aromatic carbocycles. The Balaban J connectivity index is 2.15. The van der Waals surface area contributed by atoms with Crippen LogP contribution in [-0.2, 0) is 14.9 Å². The van der Waals surface area contributed by atoms with E-state index >= 15 is 0 Å². The van der Waals surface area contributed by atoms with E-state index in [2.05, 4.69) is 13.8 Å². The molecule has 0 aromatic heterocycles. The smallest absolute Gasteiger partial charge is 0.317 e. The first-order valence-electron chi connectivity index (χ1n) is 5.34. The van der Waals surface area contributed by atoms with E-state index in [1.807, 2.05) is 30.3 Å². The van der Waals surface area contributed by atoms with E-state index in [0.29, 0.717) is 12.5 Å². The Morgan fingerprint density at radius 3 is 2.47 bits per heavy atom. The standard InChI is InChI=1S/C13H14O2/c1-12(2)10-8-15-11(14)13(10,12)9-6-4-3-5-7-9/h3-7,10H,8H2,1-2H3. The highest BCUT2D eigenvalue weighted by Crippen LogP contribution is 2.72. The van der Waals surface area contributed by atoms with Crippen LogP contribution in [0.5, 0.6) is 0 Å². The van der Waals surface area contributed by atoms with Crippen LogP contribution in [0.4, 0.5) is 0 Å². The number of rotatable bonds is 1. The molecule has 2 nitrogen and oxygen atoms in total. The van der Waals surface area contributed by atoms with Crippen molar-refractivity contribution < 1.29 is 9.53 Å². The van der Waals surface area contributed by atoms with E-state index in [-0.39, 0.29) is 16.8 Å². The summed E-state index contributed by atoms with van der Waals surface area (Å²) in [6.45, 7) is 4.90. The van der Waals surface area contributed by atoms with Crippen molar-refractivity contribution in [2.24, 2.45) is 11.3 Å². The Morgan fingerprint density at radius 2 is 1.93 bits per heavy atom. The van der Waals surface area contributed by atoms with Gasteiger partial charge in [0.15, 0.2) is 0 Å². The molecule has 1 aliphatic heterocycles. The normalized spacial score (nSPS) is 35.9. The first-order valence-corrected chi connectivity index (χ1v) is 5.34. The largest absolute Gasteiger partial charge is 0.465 e. The van der Waals surface area contributed by atoms with E-state index < -0.39 is 0 Å². The van der Waals surface area contributed by atoms with Gasteiger partial charge in [0, 0.05) is 5.92 Å². The maximum Gasteiger partial charge on any atom is 0.317 e. The highest BCUT2D eigenvalue weighted by Gasteiger charge is 2.80. The van der Waals surface area contributed by atoms with Crippen LogP contribution in [-0.4, -0.2) is 12.6 Å². The van der Waals surface area contributed by atoms with Gasteiger partial charge < -0.3 is 4.74 Å². The summed E-state index contributed by atoms with van der Waals surface area (Å²) in [5.41, 5.74) is 0.820. The molecular formula is C13H14O2. The molecule has 0 spiro atoms. The molecule has 1 heterocycles. The minimum absolute atomic E-state index is 0.0382. The number of cyclic esters (lactones) is 1. The quantitative estimate of drug-likeness (QED) is 0.652. The summed E-state index contributed by atoms with van der Waals surface area (Å²) in [4.78, 5) is 11.9. The topological polar surface area (TPSA) is 26.3 Å². The summed E-state index contributed by atoms with van der Waals surface area (Å²) in [5, 5.41) is 0. The van der Waals surface area contributed by atoms with Gasteiger partial charge >= 0.3 is 5.97 Å². The zero-order valence-corrected chi connectivity index (χ0v) is 8.99. The van der Waals surface area contributed by atoms with Gasteiger partial charge in [-0.1, -0.05) is 44.2 Å². The molecule has 0 bridgehead atoms. The summed E-state index contributed by atoms with van der Waals surface area (Å²) in [7, 11) is 0. The molecule has 2 heteroatoms. The van der Waals surface area contributed by atoms with Crippen molar-refractivity contribution in [1.29, 1.82) is 0 Å². The summed E-state index contributed by atoms with van der Waals surface area (Å²) < 4.78 is 5.17. The van der Waals surface area contributed by atoms with E-state index in [1.54, 1.807) is 0 Å². The molecule has 1 aliphatic carbocycles. The first-order chi connectivity index (χ1) is 7.12. The zero-order chi connectivity index (χ0) is 10.7. The average molecular weight is 202 g/mol. The lowest BCUT2D eigenvalue weighted by Gasteiger charge is -2.17. The van der Waals surface area contributed by atoms with E-state index in [1.165, 1.54) is 0 Å². The fourth-order valence-corrected chi connectivity index (χ4v) is 3.27. The second-order valence-corrected chi connectivity index (χ2v) is 5.05. The zero-order valence-electron chi connectivity index (χ0n) is 8.99. The van der Waals surface area contributed by atoms with Crippen LogP contribution in [0, 0.1) is 11.3 Å². The van der Waals surface area contributed by atoms with Crippen molar-refractivity contribution in [3.05, 3.63) is 35.9 Å². The van der Waals surface area contributed by atoms with Gasteiger partial charge in [0.2, 0.25) is 0 Å². The summed E-state index contributed by atoms with van der Waals surface area (Å²) in [6, 6.07) is 10.0. The number of carbonyl (C=O) groups is 1. The lowest BCUT2D eigenvalue weighted by Crippen LogP contribution is -2.25. The van der Waals surface area contributed by atoms with Crippen LogP contribution in [0.3, 0.4) is 0 Å². The Kier molecular flexibility index (Phi) is 1.45. The first kappa shape index (κ1) is 8.96. The van der Waals surface area contributed by atoms with Crippen molar-refractivity contribution in [3.63, 3.8) is 0 Å². The molecule has 2 atom stereocenters. The monoisotopic (exact) mass is 202 g/mol. The second kappa shape index (κ2) is 2.43. The molecule has 3 rings (SSSR count). The van der Waals surface area contributed by atoms with E-state index in [9.17, 15) is 4.79 Å². The molecule has 2 fully saturated rings. The van der Waals surface area contributed by atoms with E-state index in [4.69, 9.17) is 4.74 Å². The Labute approximate surface area is 89.2 Å². The molecule has 15 heavy (non-hydrogen) atoms. The Hall–Kier alpha value is -1.31. The van der Waals surface area contributed by atoms with Crippen LogP contribution in [0.2, 0.25) is 0 Å². The molecule has 0 amide bonds. The van der Waals surface area contributed by atoms with Crippen LogP contribution in [0.25, 0.3) is 0 Å². The average Bonchev–Trinajstić information content (AvgIpc) is 2.53. The van der Waals surface area contributed by atoms with Crippen molar-refractivity contribution in [2.75, 3.05) is 6.61 Å². The Morgan fingerprint density at radius 1 is 1.27 bits per heavy atom. The van der Waals surface area contributed by atoms with Gasteiger partial charge in [0.05, 0.1) is 6.61 Å². The molecule has 1 saturated carbocycles. The number of esters is 1. The molecule has 1 aromatic rings. The predicted octanol–water partition coefficient (Wildman–Crippen LogP) is 2.14. The SMILES string of the molecule is CC1(C)C2COC(=O)C21c1ccccc1. The maximum absolute atomic E-state index is 11.9. The molecule has 78 valence electrons. The molecule has 2 aliphatic rings. The lowest BCUT2D eigenvalue weighted by molar-refractivity contribution is -0.144. The molecule has 1 saturated heterocycles. The number of hydrogen-bond acceptors (Lipinski definition) is 2. The number of benzene rings is 1. The summed E-state index contributed by atoms with van der Waals surface area (Å²) in [5.74, 6) is 0.323. The van der Waals surface area contributed by atoms with E-state index in [0.717, 1.165) is 5.56 Å². The number of carbonyl (C=O) groups excluding carboxylic acids is 1. The van der Waals surface area contributed by atoms with Crippen LogP contribution < -0.4 is 0 Å². The molecule has 2 unspecified atom stereocenters. The van der Waals surface area contributed by atoms with Crippen molar-refractivity contribution in [3.8, 4) is 0 Å². The number of fused-ring (bicyclic) bond motifs is 1. The van der Waals surface area contributed by atoms with Gasteiger partial charge in [-0.3, -0.25) is 4.79 Å². The van der Waals surface area contributed by atoms with Gasteiger partial charge in [0.1, 0.15) is 5.41 Å². The summed E-state index contributed by atoms with van der Waals surface area (Å²) >= 11 is 0. The second-order valence-electron chi connectivity index (χ2n) is 5.05. The van der Waals surface area contributed by atoms with Crippen LogP contribution in [0.15, 0.2) is 30.3 Å². The Bertz CT molecular complexity index is 421. The van der Waals surface area contributed by atoms with Crippen LogP contribution in [0.1, 0.15) is 19.4 Å². The highest BCUT2D eigenvalue weighted by molar-refractivity contribution is 5.92.